The van der Waals surface area contributed by atoms with Gasteiger partial charge in [0, 0.05) is 19.3 Å². The molecular formula is C14H16N2O4. The molecule has 0 spiro atoms. The Hall–Kier alpha value is -2.34. The minimum absolute atomic E-state index is 0.0101. The van der Waals surface area contributed by atoms with E-state index < -0.39 is 0 Å². The van der Waals surface area contributed by atoms with E-state index in [9.17, 15) is 9.59 Å². The number of hydrogen-bond donors (Lipinski definition) is 1. The average Bonchev–Trinajstić information content (AvgIpc) is 2.42. The van der Waals surface area contributed by atoms with Gasteiger partial charge in [-0.05, 0) is 18.2 Å². The van der Waals surface area contributed by atoms with Gasteiger partial charge in [0.25, 0.3) is 5.91 Å². The van der Waals surface area contributed by atoms with Gasteiger partial charge in [0.05, 0.1) is 5.69 Å². The van der Waals surface area contributed by atoms with E-state index in [-0.39, 0.29) is 25.0 Å². The second-order valence-electron chi connectivity index (χ2n) is 4.25. The van der Waals surface area contributed by atoms with Gasteiger partial charge in [-0.25, -0.2) is 0 Å². The molecule has 0 aliphatic carbocycles. The Balaban J connectivity index is 2.25. The van der Waals surface area contributed by atoms with E-state index in [1.54, 1.807) is 29.2 Å². The molecule has 0 radical (unpaired) electrons. The highest BCUT2D eigenvalue weighted by Crippen LogP contribution is 2.34. The SMILES string of the molecule is C=CCN1C(=O)COc2ccc(NC(=O)COC)cc21. The van der Waals surface area contributed by atoms with Crippen molar-refractivity contribution in [2.24, 2.45) is 0 Å². The summed E-state index contributed by atoms with van der Waals surface area (Å²) in [6.07, 6.45) is 1.64. The molecule has 6 nitrogen and oxygen atoms in total. The summed E-state index contributed by atoms with van der Waals surface area (Å²) in [5.74, 6) is 0.208. The lowest BCUT2D eigenvalue weighted by Gasteiger charge is -2.28. The van der Waals surface area contributed by atoms with Gasteiger partial charge in [-0.15, -0.1) is 6.58 Å². The minimum Gasteiger partial charge on any atom is -0.482 e. The Morgan fingerprint density at radius 3 is 3.10 bits per heavy atom. The van der Waals surface area contributed by atoms with Crippen LogP contribution < -0.4 is 15.0 Å². The first-order chi connectivity index (χ1) is 9.65. The standard InChI is InChI=1S/C14H16N2O4/c1-3-6-16-11-7-10(15-13(17)8-19-2)4-5-12(11)20-9-14(16)18/h3-5,7H,1,6,8-9H2,2H3,(H,15,17). The Morgan fingerprint density at radius 1 is 1.60 bits per heavy atom. The zero-order chi connectivity index (χ0) is 14.5. The van der Waals surface area contributed by atoms with E-state index in [4.69, 9.17) is 9.47 Å². The molecule has 2 rings (SSSR count). The number of hydrogen-bond acceptors (Lipinski definition) is 4. The lowest BCUT2D eigenvalue weighted by molar-refractivity contribution is -0.121. The first-order valence-electron chi connectivity index (χ1n) is 6.12. The molecule has 1 heterocycles. The van der Waals surface area contributed by atoms with Crippen molar-refractivity contribution < 1.29 is 19.1 Å². The third-order valence-corrected chi connectivity index (χ3v) is 2.77. The fraction of sp³-hybridized carbons (Fsp3) is 0.286. The zero-order valence-electron chi connectivity index (χ0n) is 11.2. The van der Waals surface area contributed by atoms with Crippen LogP contribution in [-0.2, 0) is 14.3 Å². The molecule has 0 fully saturated rings. The van der Waals surface area contributed by atoms with Crippen molar-refractivity contribution in [3.8, 4) is 5.75 Å². The van der Waals surface area contributed by atoms with Crippen LogP contribution in [0.3, 0.4) is 0 Å². The van der Waals surface area contributed by atoms with Crippen molar-refractivity contribution in [2.45, 2.75) is 0 Å². The van der Waals surface area contributed by atoms with Gasteiger partial charge in [0.2, 0.25) is 5.91 Å². The third-order valence-electron chi connectivity index (χ3n) is 2.77. The number of rotatable bonds is 5. The van der Waals surface area contributed by atoms with Gasteiger partial charge in [-0.3, -0.25) is 9.59 Å². The summed E-state index contributed by atoms with van der Waals surface area (Å²) in [4.78, 5) is 24.9. The van der Waals surface area contributed by atoms with Crippen LogP contribution in [0.2, 0.25) is 0 Å². The van der Waals surface area contributed by atoms with E-state index in [1.165, 1.54) is 7.11 Å². The lowest BCUT2D eigenvalue weighted by atomic mass is 10.2. The van der Waals surface area contributed by atoms with Crippen LogP contribution in [0, 0.1) is 0 Å². The molecule has 2 amide bonds. The molecule has 1 N–H and O–H groups in total. The maximum Gasteiger partial charge on any atom is 0.265 e. The number of carbonyl (C=O) groups excluding carboxylic acids is 2. The number of ether oxygens (including phenoxy) is 2. The van der Waals surface area contributed by atoms with Crippen molar-refractivity contribution in [3.05, 3.63) is 30.9 Å². The Kier molecular flexibility index (Phi) is 4.37. The summed E-state index contributed by atoms with van der Waals surface area (Å²) in [7, 11) is 1.45. The molecule has 0 saturated heterocycles. The van der Waals surface area contributed by atoms with Gasteiger partial charge in [0.1, 0.15) is 12.4 Å². The molecule has 106 valence electrons. The van der Waals surface area contributed by atoms with Crippen LogP contribution in [0.5, 0.6) is 5.75 Å². The Morgan fingerprint density at radius 2 is 2.40 bits per heavy atom. The molecule has 0 aromatic heterocycles. The van der Waals surface area contributed by atoms with Gasteiger partial charge in [0.15, 0.2) is 6.61 Å². The normalized spacial score (nSPS) is 13.4. The van der Waals surface area contributed by atoms with E-state index in [0.29, 0.717) is 23.7 Å². The lowest BCUT2D eigenvalue weighted by Crippen LogP contribution is -2.38. The first kappa shape index (κ1) is 14.1. The fourth-order valence-corrected chi connectivity index (χ4v) is 1.94. The predicted molar refractivity (Wildman–Crippen MR) is 75.0 cm³/mol. The molecule has 0 atom stereocenters. The van der Waals surface area contributed by atoms with Gasteiger partial charge in [-0.2, -0.15) is 0 Å². The van der Waals surface area contributed by atoms with Crippen LogP contribution in [0.15, 0.2) is 30.9 Å². The smallest absolute Gasteiger partial charge is 0.265 e. The molecule has 6 heteroatoms. The molecule has 1 aromatic rings. The molecule has 20 heavy (non-hydrogen) atoms. The van der Waals surface area contributed by atoms with E-state index >= 15 is 0 Å². The number of carbonyl (C=O) groups is 2. The highest BCUT2D eigenvalue weighted by Gasteiger charge is 2.24. The summed E-state index contributed by atoms with van der Waals surface area (Å²) < 4.78 is 10.1. The monoisotopic (exact) mass is 276 g/mol. The summed E-state index contributed by atoms with van der Waals surface area (Å²) in [5.41, 5.74) is 1.20. The number of fused-ring (bicyclic) bond motifs is 1. The average molecular weight is 276 g/mol. The molecule has 1 aliphatic rings. The summed E-state index contributed by atoms with van der Waals surface area (Å²) in [5, 5.41) is 2.69. The van der Waals surface area contributed by atoms with Crippen molar-refractivity contribution >= 4 is 23.2 Å². The first-order valence-corrected chi connectivity index (χ1v) is 6.12. The number of nitrogens with one attached hydrogen (secondary N) is 1. The Bertz CT molecular complexity index is 542. The number of anilines is 2. The van der Waals surface area contributed by atoms with Crippen molar-refractivity contribution in [1.29, 1.82) is 0 Å². The minimum atomic E-state index is -0.259. The number of amides is 2. The fourth-order valence-electron chi connectivity index (χ4n) is 1.94. The van der Waals surface area contributed by atoms with Crippen LogP contribution in [0.4, 0.5) is 11.4 Å². The molecular weight excluding hydrogens is 260 g/mol. The van der Waals surface area contributed by atoms with Crippen LogP contribution in [-0.4, -0.2) is 38.7 Å². The number of benzene rings is 1. The molecule has 0 saturated carbocycles. The van der Waals surface area contributed by atoms with Gasteiger partial charge in [-0.1, -0.05) is 6.08 Å². The van der Waals surface area contributed by atoms with Crippen molar-refractivity contribution in [3.63, 3.8) is 0 Å². The predicted octanol–water partition coefficient (Wildman–Crippen LogP) is 1.18. The van der Waals surface area contributed by atoms with E-state index in [2.05, 4.69) is 11.9 Å². The third kappa shape index (κ3) is 2.97. The van der Waals surface area contributed by atoms with Crippen LogP contribution >= 0.6 is 0 Å². The quantitative estimate of drug-likeness (QED) is 0.820. The maximum absolute atomic E-state index is 11.8. The molecule has 1 aliphatic heterocycles. The summed E-state index contributed by atoms with van der Waals surface area (Å²) in [6, 6.07) is 5.14. The maximum atomic E-state index is 11.8. The number of nitrogens with zero attached hydrogens (tertiary/aromatic N) is 1. The van der Waals surface area contributed by atoms with Crippen molar-refractivity contribution in [2.75, 3.05) is 37.1 Å². The van der Waals surface area contributed by atoms with Crippen LogP contribution in [0.25, 0.3) is 0 Å². The van der Waals surface area contributed by atoms with Gasteiger partial charge >= 0.3 is 0 Å². The second kappa shape index (κ2) is 6.21. The highest BCUT2D eigenvalue weighted by atomic mass is 16.5. The molecule has 0 unspecified atom stereocenters. The summed E-state index contributed by atoms with van der Waals surface area (Å²) in [6.45, 7) is 4.02. The van der Waals surface area contributed by atoms with Gasteiger partial charge < -0.3 is 19.7 Å². The zero-order valence-corrected chi connectivity index (χ0v) is 11.2. The largest absolute Gasteiger partial charge is 0.482 e. The number of methoxy groups -OCH3 is 1. The Labute approximate surface area is 117 Å². The van der Waals surface area contributed by atoms with Crippen LogP contribution in [0.1, 0.15) is 0 Å². The second-order valence-corrected chi connectivity index (χ2v) is 4.25. The summed E-state index contributed by atoms with van der Waals surface area (Å²) >= 11 is 0. The van der Waals surface area contributed by atoms with Crippen molar-refractivity contribution in [1.82, 2.24) is 0 Å². The highest BCUT2D eigenvalue weighted by molar-refractivity contribution is 5.99. The topological polar surface area (TPSA) is 67.9 Å². The molecule has 0 bridgehead atoms. The van der Waals surface area contributed by atoms with E-state index in [0.717, 1.165) is 0 Å². The van der Waals surface area contributed by atoms with E-state index in [1.807, 2.05) is 0 Å². The molecule has 1 aromatic carbocycles.